The molecule has 0 aliphatic carbocycles. The normalized spacial score (nSPS) is 11.0. The molecule has 0 aliphatic heterocycles. The molecule has 2 heterocycles. The molecule has 2 aromatic rings. The predicted octanol–water partition coefficient (Wildman–Crippen LogP) is 1.70. The number of hydrogen-bond donors (Lipinski definition) is 2. The van der Waals surface area contributed by atoms with Gasteiger partial charge in [-0.2, -0.15) is 18.3 Å². The van der Waals surface area contributed by atoms with Gasteiger partial charge in [0, 0.05) is 7.05 Å². The third-order valence-electron chi connectivity index (χ3n) is 2.30. The number of carbonyl (C=O) groups is 1. The number of aromatic nitrogens is 4. The molecule has 0 aromatic carbocycles. The molecular formula is C10H11BrF3N5O2. The van der Waals surface area contributed by atoms with E-state index in [1.54, 1.807) is 17.1 Å². The lowest BCUT2D eigenvalue weighted by atomic mass is 10.3. The zero-order chi connectivity index (χ0) is 16.4. The number of nitrogen functional groups attached to an aromatic ring is 1. The van der Waals surface area contributed by atoms with Crippen LogP contribution in [0.1, 0.15) is 5.82 Å². The van der Waals surface area contributed by atoms with Gasteiger partial charge < -0.3 is 10.9 Å². The van der Waals surface area contributed by atoms with Crippen LogP contribution in [0.25, 0.3) is 11.3 Å². The van der Waals surface area contributed by atoms with E-state index in [-0.39, 0.29) is 0 Å². The zero-order valence-electron chi connectivity index (χ0n) is 10.9. The molecule has 0 radical (unpaired) electrons. The summed E-state index contributed by atoms with van der Waals surface area (Å²) in [6.45, 7) is 1.85. The van der Waals surface area contributed by atoms with Crippen LogP contribution < -0.4 is 5.84 Å². The van der Waals surface area contributed by atoms with Crippen LogP contribution in [0.5, 0.6) is 0 Å². The van der Waals surface area contributed by atoms with Crippen molar-refractivity contribution in [2.24, 2.45) is 7.05 Å². The monoisotopic (exact) mass is 369 g/mol. The molecule has 21 heavy (non-hydrogen) atoms. The predicted molar refractivity (Wildman–Crippen MR) is 70.7 cm³/mol. The Hall–Kier alpha value is -2.04. The summed E-state index contributed by atoms with van der Waals surface area (Å²) in [4.78, 5) is 13.2. The van der Waals surface area contributed by atoms with Crippen molar-refractivity contribution < 1.29 is 23.1 Å². The number of imidazole rings is 1. The minimum absolute atomic E-state index is 0.774. The Bertz CT molecular complexity index is 630. The molecule has 11 heteroatoms. The lowest BCUT2D eigenvalue weighted by Gasteiger charge is -1.93. The summed E-state index contributed by atoms with van der Waals surface area (Å²) in [6, 6.07) is 0. The topological polar surface area (TPSA) is 99.0 Å². The maximum absolute atomic E-state index is 10.6. The summed E-state index contributed by atoms with van der Waals surface area (Å²) < 4.78 is 35.9. The lowest BCUT2D eigenvalue weighted by Crippen LogP contribution is -2.21. The fraction of sp³-hybridized carbons (Fsp3) is 0.300. The number of nitrogens with zero attached hydrogens (tertiary/aromatic N) is 4. The average molecular weight is 370 g/mol. The Kier molecular flexibility index (Phi) is 4.99. The second-order valence-electron chi connectivity index (χ2n) is 3.86. The number of rotatable bonds is 1. The van der Waals surface area contributed by atoms with E-state index >= 15 is 0 Å². The molecule has 7 nitrogen and oxygen atoms in total. The number of alkyl halides is 3. The van der Waals surface area contributed by atoms with E-state index in [0.717, 1.165) is 21.7 Å². The van der Waals surface area contributed by atoms with Gasteiger partial charge in [-0.05, 0) is 22.9 Å². The van der Waals surface area contributed by atoms with Crippen molar-refractivity contribution >= 4 is 21.9 Å². The number of hydrogen-bond acceptors (Lipinski definition) is 4. The number of nitrogens with two attached hydrogens (primary N) is 1. The second-order valence-corrected chi connectivity index (χ2v) is 4.61. The molecule has 0 spiro atoms. The van der Waals surface area contributed by atoms with Crippen molar-refractivity contribution in [1.82, 2.24) is 19.4 Å². The van der Waals surface area contributed by atoms with E-state index in [9.17, 15) is 13.2 Å². The van der Waals surface area contributed by atoms with Crippen LogP contribution >= 0.6 is 15.9 Å². The number of aryl methyl sites for hydroxylation is 2. The van der Waals surface area contributed by atoms with E-state index in [2.05, 4.69) is 26.0 Å². The van der Waals surface area contributed by atoms with Gasteiger partial charge in [-0.1, -0.05) is 0 Å². The minimum atomic E-state index is -5.08. The quantitative estimate of drug-likeness (QED) is 0.745. The zero-order valence-corrected chi connectivity index (χ0v) is 12.5. The average Bonchev–Trinajstić information content (AvgIpc) is 2.84. The molecule has 116 valence electrons. The Morgan fingerprint density at radius 3 is 2.29 bits per heavy atom. The Labute approximate surface area is 125 Å². The highest BCUT2D eigenvalue weighted by molar-refractivity contribution is 9.10. The maximum atomic E-state index is 10.6. The Morgan fingerprint density at radius 1 is 1.48 bits per heavy atom. The van der Waals surface area contributed by atoms with E-state index in [0.29, 0.717) is 0 Å². The molecule has 0 atom stereocenters. The summed E-state index contributed by atoms with van der Waals surface area (Å²) in [5.74, 6) is 3.66. The van der Waals surface area contributed by atoms with Crippen molar-refractivity contribution in [3.63, 3.8) is 0 Å². The van der Waals surface area contributed by atoms with Crippen LogP contribution in [-0.2, 0) is 11.8 Å². The van der Waals surface area contributed by atoms with Crippen molar-refractivity contribution in [1.29, 1.82) is 0 Å². The highest BCUT2D eigenvalue weighted by Crippen LogP contribution is 2.25. The molecule has 0 unspecified atom stereocenters. The van der Waals surface area contributed by atoms with Crippen LogP contribution in [-0.4, -0.2) is 36.7 Å². The molecule has 2 aromatic heterocycles. The maximum Gasteiger partial charge on any atom is 0.490 e. The molecular weight excluding hydrogens is 359 g/mol. The van der Waals surface area contributed by atoms with Crippen LogP contribution in [0, 0.1) is 6.92 Å². The first-order valence-corrected chi connectivity index (χ1v) is 6.12. The molecule has 3 N–H and O–H groups in total. The third-order valence-corrected chi connectivity index (χ3v) is 3.24. The summed E-state index contributed by atoms with van der Waals surface area (Å²) >= 11 is 3.43. The first-order valence-electron chi connectivity index (χ1n) is 5.33. The molecule has 0 bridgehead atoms. The highest BCUT2D eigenvalue weighted by atomic mass is 79.9. The van der Waals surface area contributed by atoms with Gasteiger partial charge in [-0.25, -0.2) is 9.78 Å². The summed E-state index contributed by atoms with van der Waals surface area (Å²) in [5.41, 5.74) is 1.77. The third kappa shape index (κ3) is 4.21. The van der Waals surface area contributed by atoms with E-state index in [4.69, 9.17) is 15.7 Å². The van der Waals surface area contributed by atoms with Crippen molar-refractivity contribution in [2.75, 3.05) is 5.84 Å². The van der Waals surface area contributed by atoms with Crippen LogP contribution in [0.2, 0.25) is 0 Å². The molecule has 0 fully saturated rings. The molecule has 0 amide bonds. The van der Waals surface area contributed by atoms with Gasteiger partial charge >= 0.3 is 12.1 Å². The van der Waals surface area contributed by atoms with E-state index in [1.165, 1.54) is 4.68 Å². The first-order chi connectivity index (χ1) is 9.54. The van der Waals surface area contributed by atoms with Crippen LogP contribution in [0.4, 0.5) is 13.2 Å². The SMILES string of the molecule is Cc1nc(-c2cnn(C)c2Br)cn1N.O=C(O)C(F)(F)F. The highest BCUT2D eigenvalue weighted by Gasteiger charge is 2.38. The summed E-state index contributed by atoms with van der Waals surface area (Å²) in [7, 11) is 1.86. The minimum Gasteiger partial charge on any atom is -0.475 e. The summed E-state index contributed by atoms with van der Waals surface area (Å²) in [5, 5.41) is 11.2. The largest absolute Gasteiger partial charge is 0.490 e. The smallest absolute Gasteiger partial charge is 0.475 e. The Morgan fingerprint density at radius 2 is 2.00 bits per heavy atom. The van der Waals surface area contributed by atoms with Gasteiger partial charge in [0.25, 0.3) is 0 Å². The number of carboxylic acids is 1. The van der Waals surface area contributed by atoms with Gasteiger partial charge in [0.1, 0.15) is 10.4 Å². The van der Waals surface area contributed by atoms with Gasteiger partial charge in [-0.3, -0.25) is 9.36 Å². The van der Waals surface area contributed by atoms with Gasteiger partial charge in [0.2, 0.25) is 0 Å². The molecule has 2 rings (SSSR count). The van der Waals surface area contributed by atoms with E-state index in [1.807, 2.05) is 14.0 Å². The van der Waals surface area contributed by atoms with Gasteiger partial charge in [0.05, 0.1) is 23.7 Å². The Balaban J connectivity index is 0.000000270. The summed E-state index contributed by atoms with van der Waals surface area (Å²) in [6.07, 6.45) is -1.55. The first kappa shape index (κ1) is 17.0. The molecule has 0 aliphatic rings. The van der Waals surface area contributed by atoms with Crippen molar-refractivity contribution in [3.05, 3.63) is 22.8 Å². The van der Waals surface area contributed by atoms with Crippen molar-refractivity contribution in [2.45, 2.75) is 13.1 Å². The second kappa shape index (κ2) is 6.16. The van der Waals surface area contributed by atoms with Crippen LogP contribution in [0.15, 0.2) is 17.0 Å². The fourth-order valence-corrected chi connectivity index (χ4v) is 1.61. The van der Waals surface area contributed by atoms with Crippen LogP contribution in [0.3, 0.4) is 0 Å². The number of aliphatic carboxylic acids is 1. The van der Waals surface area contributed by atoms with Crippen molar-refractivity contribution in [3.8, 4) is 11.3 Å². The van der Waals surface area contributed by atoms with Gasteiger partial charge in [-0.15, -0.1) is 0 Å². The number of halogens is 4. The number of carboxylic acid groups (broad SMARTS) is 1. The standard InChI is InChI=1S/C8H10BrN5.C2HF3O2/c1-5-12-7(4-14(5)10)6-3-11-13(2)8(6)9;3-2(4,5)1(6)7/h3-4H,10H2,1-2H3;(H,6,7). The fourth-order valence-electron chi connectivity index (χ4n) is 1.21. The lowest BCUT2D eigenvalue weighted by molar-refractivity contribution is -0.192. The van der Waals surface area contributed by atoms with Gasteiger partial charge in [0.15, 0.2) is 0 Å². The molecule has 0 saturated heterocycles. The van der Waals surface area contributed by atoms with E-state index < -0.39 is 12.1 Å². The molecule has 0 saturated carbocycles.